The molecular weight excluding hydrogens is 252 g/mol. The second kappa shape index (κ2) is 4.62. The zero-order valence-electron chi connectivity index (χ0n) is 12.3. The predicted octanol–water partition coefficient (Wildman–Crippen LogP) is 2.96. The molecule has 4 heteroatoms. The maximum absolute atomic E-state index is 12.1. The number of aryl methyl sites for hydroxylation is 2. The van der Waals surface area contributed by atoms with Crippen LogP contribution in [0.5, 0.6) is 0 Å². The molecule has 0 atom stereocenters. The number of hydrogen-bond acceptors (Lipinski definition) is 3. The molecule has 0 unspecified atom stereocenters. The van der Waals surface area contributed by atoms with Crippen LogP contribution in [0.1, 0.15) is 37.6 Å². The summed E-state index contributed by atoms with van der Waals surface area (Å²) in [6, 6.07) is 6.28. The highest BCUT2D eigenvalue weighted by atomic mass is 16.5. The van der Waals surface area contributed by atoms with E-state index in [0.717, 1.165) is 42.7 Å². The molecule has 106 valence electrons. The summed E-state index contributed by atoms with van der Waals surface area (Å²) < 4.78 is 7.19. The van der Waals surface area contributed by atoms with Gasteiger partial charge < -0.3 is 9.30 Å². The zero-order valence-corrected chi connectivity index (χ0v) is 12.3. The van der Waals surface area contributed by atoms with Gasteiger partial charge >= 0.3 is 5.97 Å². The Morgan fingerprint density at radius 1 is 1.45 bits per heavy atom. The van der Waals surface area contributed by atoms with E-state index in [1.165, 1.54) is 12.7 Å². The molecule has 1 heterocycles. The molecule has 1 aliphatic rings. The van der Waals surface area contributed by atoms with Gasteiger partial charge in [-0.1, -0.05) is 13.0 Å². The van der Waals surface area contributed by atoms with Crippen LogP contribution >= 0.6 is 0 Å². The van der Waals surface area contributed by atoms with E-state index in [0.29, 0.717) is 0 Å². The molecule has 1 saturated carbocycles. The van der Waals surface area contributed by atoms with Crippen molar-refractivity contribution in [2.45, 2.75) is 45.1 Å². The normalized spacial score (nSPS) is 16.4. The maximum atomic E-state index is 12.1. The van der Waals surface area contributed by atoms with E-state index in [1.54, 1.807) is 0 Å². The van der Waals surface area contributed by atoms with Gasteiger partial charge in [-0.3, -0.25) is 4.79 Å². The molecular formula is C16H20N2O2. The number of imidazole rings is 1. The lowest BCUT2D eigenvalue weighted by Gasteiger charge is -2.14. The summed E-state index contributed by atoms with van der Waals surface area (Å²) in [5, 5.41) is 0. The van der Waals surface area contributed by atoms with E-state index in [4.69, 9.17) is 9.72 Å². The fraction of sp³-hybridized carbons (Fsp3) is 0.500. The number of methoxy groups -OCH3 is 1. The summed E-state index contributed by atoms with van der Waals surface area (Å²) in [5.41, 5.74) is 2.77. The third kappa shape index (κ3) is 1.82. The Kier molecular flexibility index (Phi) is 3.04. The number of fused-ring (bicyclic) bond motifs is 1. The van der Waals surface area contributed by atoms with Crippen LogP contribution in [0.4, 0.5) is 0 Å². The summed E-state index contributed by atoms with van der Waals surface area (Å²) in [6.07, 6.45) is 2.70. The number of aromatic nitrogens is 2. The molecule has 1 aliphatic carbocycles. The highest BCUT2D eigenvalue weighted by Crippen LogP contribution is 2.49. The minimum atomic E-state index is -0.503. The van der Waals surface area contributed by atoms with Crippen LogP contribution in [-0.4, -0.2) is 22.6 Å². The van der Waals surface area contributed by atoms with E-state index in [1.807, 2.05) is 0 Å². The summed E-state index contributed by atoms with van der Waals surface area (Å²) in [7, 11) is 1.46. The van der Waals surface area contributed by atoms with Crippen molar-refractivity contribution in [1.82, 2.24) is 9.55 Å². The van der Waals surface area contributed by atoms with E-state index in [-0.39, 0.29) is 5.97 Å². The van der Waals surface area contributed by atoms with Crippen LogP contribution in [0.15, 0.2) is 18.2 Å². The largest absolute Gasteiger partial charge is 0.468 e. The van der Waals surface area contributed by atoms with Gasteiger partial charge in [0.1, 0.15) is 11.2 Å². The second-order valence-corrected chi connectivity index (χ2v) is 5.65. The van der Waals surface area contributed by atoms with E-state index in [9.17, 15) is 4.79 Å². The second-order valence-electron chi connectivity index (χ2n) is 5.65. The lowest BCUT2D eigenvalue weighted by molar-refractivity contribution is -0.144. The minimum Gasteiger partial charge on any atom is -0.468 e. The third-order valence-electron chi connectivity index (χ3n) is 4.11. The summed E-state index contributed by atoms with van der Waals surface area (Å²) in [4.78, 5) is 16.9. The lowest BCUT2D eigenvalue weighted by Crippen LogP contribution is -2.26. The number of benzene rings is 1. The SMILES string of the molecule is CCCn1c(C2(C(=O)OC)CC2)nc2cc(C)ccc21. The Morgan fingerprint density at radius 2 is 2.20 bits per heavy atom. The van der Waals surface area contributed by atoms with E-state index >= 15 is 0 Å². The smallest absolute Gasteiger partial charge is 0.319 e. The monoisotopic (exact) mass is 272 g/mol. The molecule has 0 N–H and O–H groups in total. The number of rotatable bonds is 4. The quantitative estimate of drug-likeness (QED) is 0.804. The molecule has 1 aromatic carbocycles. The van der Waals surface area contributed by atoms with Crippen molar-refractivity contribution in [2.24, 2.45) is 0 Å². The van der Waals surface area contributed by atoms with Gasteiger partial charge in [-0.25, -0.2) is 4.98 Å². The molecule has 0 saturated heterocycles. The third-order valence-corrected chi connectivity index (χ3v) is 4.11. The molecule has 0 aliphatic heterocycles. The van der Waals surface area contributed by atoms with Crippen LogP contribution < -0.4 is 0 Å². The van der Waals surface area contributed by atoms with E-state index in [2.05, 4.69) is 36.6 Å². The molecule has 1 fully saturated rings. The Hall–Kier alpha value is -1.84. The van der Waals surface area contributed by atoms with Crippen LogP contribution in [0.3, 0.4) is 0 Å². The van der Waals surface area contributed by atoms with Crippen molar-refractivity contribution in [2.75, 3.05) is 7.11 Å². The number of carbonyl (C=O) groups excluding carboxylic acids is 1. The zero-order chi connectivity index (χ0) is 14.3. The van der Waals surface area contributed by atoms with Gasteiger partial charge in [0.05, 0.1) is 18.1 Å². The Labute approximate surface area is 118 Å². The molecule has 1 aromatic heterocycles. The molecule has 0 spiro atoms. The van der Waals surface area contributed by atoms with Gasteiger partial charge in [-0.05, 0) is 43.9 Å². The molecule has 4 nitrogen and oxygen atoms in total. The van der Waals surface area contributed by atoms with Crippen LogP contribution in [0.25, 0.3) is 11.0 Å². The average molecular weight is 272 g/mol. The molecule has 2 aromatic rings. The van der Waals surface area contributed by atoms with Gasteiger partial charge in [-0.15, -0.1) is 0 Å². The highest BCUT2D eigenvalue weighted by molar-refractivity contribution is 5.87. The maximum Gasteiger partial charge on any atom is 0.319 e. The van der Waals surface area contributed by atoms with Crippen LogP contribution in [0, 0.1) is 6.92 Å². The van der Waals surface area contributed by atoms with Crippen LogP contribution in [-0.2, 0) is 21.5 Å². The molecule has 0 amide bonds. The number of nitrogens with zero attached hydrogens (tertiary/aromatic N) is 2. The van der Waals surface area contributed by atoms with Gasteiger partial charge in [0, 0.05) is 6.54 Å². The first-order chi connectivity index (χ1) is 9.62. The van der Waals surface area contributed by atoms with Crippen molar-refractivity contribution >= 4 is 17.0 Å². The van der Waals surface area contributed by atoms with Gasteiger partial charge in [0.2, 0.25) is 0 Å². The van der Waals surface area contributed by atoms with Gasteiger partial charge in [-0.2, -0.15) is 0 Å². The van der Waals surface area contributed by atoms with E-state index < -0.39 is 5.41 Å². The van der Waals surface area contributed by atoms with Gasteiger partial charge in [0.25, 0.3) is 0 Å². The number of carbonyl (C=O) groups is 1. The minimum absolute atomic E-state index is 0.151. The Morgan fingerprint density at radius 3 is 2.80 bits per heavy atom. The Balaban J connectivity index is 2.19. The van der Waals surface area contributed by atoms with Crippen molar-refractivity contribution in [3.8, 4) is 0 Å². The van der Waals surface area contributed by atoms with Crippen molar-refractivity contribution in [3.05, 3.63) is 29.6 Å². The van der Waals surface area contributed by atoms with Crippen molar-refractivity contribution in [3.63, 3.8) is 0 Å². The molecule has 0 bridgehead atoms. The standard InChI is InChI=1S/C16H20N2O2/c1-4-9-18-13-6-5-11(2)10-12(13)17-14(18)16(7-8-16)15(19)20-3/h5-6,10H,4,7-9H2,1-3H3. The molecule has 0 radical (unpaired) electrons. The molecule has 3 rings (SSSR count). The van der Waals surface area contributed by atoms with Crippen LogP contribution in [0.2, 0.25) is 0 Å². The number of esters is 1. The highest BCUT2D eigenvalue weighted by Gasteiger charge is 2.56. The first-order valence-electron chi connectivity index (χ1n) is 7.18. The van der Waals surface area contributed by atoms with Crippen molar-refractivity contribution in [1.29, 1.82) is 0 Å². The average Bonchev–Trinajstić information content (AvgIpc) is 3.17. The predicted molar refractivity (Wildman–Crippen MR) is 77.7 cm³/mol. The fourth-order valence-corrected chi connectivity index (χ4v) is 2.89. The molecule has 20 heavy (non-hydrogen) atoms. The fourth-order valence-electron chi connectivity index (χ4n) is 2.89. The van der Waals surface area contributed by atoms with Crippen molar-refractivity contribution < 1.29 is 9.53 Å². The summed E-state index contributed by atoms with van der Waals surface area (Å²) in [5.74, 6) is 0.730. The summed E-state index contributed by atoms with van der Waals surface area (Å²) >= 11 is 0. The first kappa shape index (κ1) is 13.2. The summed E-state index contributed by atoms with van der Waals surface area (Å²) in [6.45, 7) is 5.08. The lowest BCUT2D eigenvalue weighted by atomic mass is 10.1. The number of ether oxygens (including phenoxy) is 1. The van der Waals surface area contributed by atoms with Gasteiger partial charge in [0.15, 0.2) is 0 Å². The first-order valence-corrected chi connectivity index (χ1v) is 7.18. The number of hydrogen-bond donors (Lipinski definition) is 0. The topological polar surface area (TPSA) is 44.1 Å². The Bertz CT molecular complexity index is 668.